The van der Waals surface area contributed by atoms with Gasteiger partial charge in [-0.15, -0.1) is 0 Å². The molecule has 0 heterocycles. The molecule has 0 aliphatic heterocycles. The first-order chi connectivity index (χ1) is 8.00. The number of rotatable bonds is 6. The van der Waals surface area contributed by atoms with Crippen LogP contribution in [0.15, 0.2) is 18.2 Å². The molecular formula is C11H16N2O3S. The average molecular weight is 256 g/mol. The van der Waals surface area contributed by atoms with Crippen molar-refractivity contribution < 1.29 is 14.1 Å². The zero-order valence-corrected chi connectivity index (χ0v) is 10.4. The summed E-state index contributed by atoms with van der Waals surface area (Å²) in [5, 5.41) is 12.0. The number of anilines is 2. The number of carboxylic acid groups (broad SMARTS) is 1. The lowest BCUT2D eigenvalue weighted by Gasteiger charge is -2.09. The summed E-state index contributed by atoms with van der Waals surface area (Å²) >= 11 is 0. The van der Waals surface area contributed by atoms with Gasteiger partial charge >= 0.3 is 5.97 Å². The van der Waals surface area contributed by atoms with E-state index in [0.29, 0.717) is 23.7 Å². The zero-order chi connectivity index (χ0) is 12.8. The van der Waals surface area contributed by atoms with Crippen LogP contribution in [0, 0.1) is 0 Å². The van der Waals surface area contributed by atoms with E-state index in [0.717, 1.165) is 6.42 Å². The Morgan fingerprint density at radius 3 is 2.82 bits per heavy atom. The molecule has 6 heteroatoms. The van der Waals surface area contributed by atoms with Crippen LogP contribution in [0.2, 0.25) is 0 Å². The van der Waals surface area contributed by atoms with Crippen molar-refractivity contribution >= 4 is 28.1 Å². The third-order valence-electron chi connectivity index (χ3n) is 2.20. The Morgan fingerprint density at radius 2 is 2.24 bits per heavy atom. The van der Waals surface area contributed by atoms with Crippen LogP contribution in [0.4, 0.5) is 11.4 Å². The molecule has 0 aliphatic carbocycles. The first kappa shape index (κ1) is 13.5. The predicted molar refractivity (Wildman–Crippen MR) is 69.9 cm³/mol. The van der Waals surface area contributed by atoms with Gasteiger partial charge in [0.1, 0.15) is 0 Å². The molecule has 0 radical (unpaired) electrons. The third kappa shape index (κ3) is 4.44. The van der Waals surface area contributed by atoms with E-state index in [4.69, 9.17) is 10.8 Å². The SMILES string of the molecule is CS(=O)CCCNc1cc(N)ccc1C(=O)O. The summed E-state index contributed by atoms with van der Waals surface area (Å²) in [5.41, 5.74) is 6.80. The van der Waals surface area contributed by atoms with Crippen molar-refractivity contribution in [2.24, 2.45) is 0 Å². The maximum Gasteiger partial charge on any atom is 0.337 e. The maximum atomic E-state index is 10.9. The number of aromatic carboxylic acids is 1. The molecule has 0 aromatic heterocycles. The second-order valence-electron chi connectivity index (χ2n) is 3.67. The van der Waals surface area contributed by atoms with Crippen LogP contribution in [0.1, 0.15) is 16.8 Å². The molecule has 5 nitrogen and oxygen atoms in total. The van der Waals surface area contributed by atoms with Gasteiger partial charge in [-0.25, -0.2) is 4.79 Å². The van der Waals surface area contributed by atoms with Crippen molar-refractivity contribution in [3.63, 3.8) is 0 Å². The first-order valence-electron chi connectivity index (χ1n) is 5.17. The molecule has 0 fully saturated rings. The standard InChI is InChI=1S/C11H16N2O3S/c1-17(16)6-2-5-13-10-7-8(12)3-4-9(10)11(14)15/h3-4,7,13H,2,5-6,12H2,1H3,(H,14,15). The Bertz CT molecular complexity index is 435. The molecule has 17 heavy (non-hydrogen) atoms. The minimum Gasteiger partial charge on any atom is -0.478 e. The molecule has 1 aromatic rings. The number of carbonyl (C=O) groups is 1. The number of hydrogen-bond donors (Lipinski definition) is 3. The normalized spacial score (nSPS) is 12.1. The summed E-state index contributed by atoms with van der Waals surface area (Å²) in [6.07, 6.45) is 2.36. The third-order valence-corrected chi connectivity index (χ3v) is 3.06. The average Bonchev–Trinajstić information content (AvgIpc) is 2.23. The second kappa shape index (κ2) is 6.24. The van der Waals surface area contributed by atoms with Crippen molar-refractivity contribution in [3.05, 3.63) is 23.8 Å². The monoisotopic (exact) mass is 256 g/mol. The number of nitrogens with two attached hydrogens (primary N) is 1. The fourth-order valence-corrected chi connectivity index (χ4v) is 1.94. The number of benzene rings is 1. The van der Waals surface area contributed by atoms with E-state index in [9.17, 15) is 9.00 Å². The molecule has 0 aliphatic rings. The molecule has 1 aromatic carbocycles. The zero-order valence-electron chi connectivity index (χ0n) is 9.60. The van der Waals surface area contributed by atoms with Crippen LogP contribution in [-0.4, -0.2) is 33.8 Å². The Labute approximate surface area is 102 Å². The van der Waals surface area contributed by atoms with Crippen molar-refractivity contribution in [1.82, 2.24) is 0 Å². The topological polar surface area (TPSA) is 92.4 Å². The summed E-state index contributed by atoms with van der Waals surface area (Å²) in [4.78, 5) is 10.9. The lowest BCUT2D eigenvalue weighted by Crippen LogP contribution is -2.10. The maximum absolute atomic E-state index is 10.9. The van der Waals surface area contributed by atoms with E-state index in [1.54, 1.807) is 18.4 Å². The van der Waals surface area contributed by atoms with Gasteiger partial charge in [-0.3, -0.25) is 4.21 Å². The number of hydrogen-bond acceptors (Lipinski definition) is 4. The van der Waals surface area contributed by atoms with Crippen LogP contribution in [0.3, 0.4) is 0 Å². The van der Waals surface area contributed by atoms with Gasteiger partial charge in [0, 0.05) is 35.0 Å². The van der Waals surface area contributed by atoms with Crippen molar-refractivity contribution in [2.45, 2.75) is 6.42 Å². The Balaban J connectivity index is 2.65. The lowest BCUT2D eigenvalue weighted by atomic mass is 10.1. The minimum absolute atomic E-state index is 0.192. The van der Waals surface area contributed by atoms with Gasteiger partial charge in [0.25, 0.3) is 0 Å². The van der Waals surface area contributed by atoms with Crippen molar-refractivity contribution in [1.29, 1.82) is 0 Å². The van der Waals surface area contributed by atoms with Crippen LogP contribution < -0.4 is 11.1 Å². The Kier molecular flexibility index (Phi) is 4.96. The second-order valence-corrected chi connectivity index (χ2v) is 5.22. The quantitative estimate of drug-likeness (QED) is 0.524. The highest BCUT2D eigenvalue weighted by atomic mass is 32.2. The summed E-state index contributed by atoms with van der Waals surface area (Å²) in [6.45, 7) is 0.573. The first-order valence-corrected chi connectivity index (χ1v) is 6.90. The molecule has 1 unspecified atom stereocenters. The van der Waals surface area contributed by atoms with Gasteiger partial charge in [0.2, 0.25) is 0 Å². The highest BCUT2D eigenvalue weighted by Crippen LogP contribution is 2.19. The smallest absolute Gasteiger partial charge is 0.337 e. The van der Waals surface area contributed by atoms with E-state index in [2.05, 4.69) is 5.32 Å². The molecular weight excluding hydrogens is 240 g/mol. The number of carboxylic acids is 1. The minimum atomic E-state index is -0.994. The van der Waals surface area contributed by atoms with Gasteiger partial charge in [-0.1, -0.05) is 0 Å². The molecule has 0 saturated carbocycles. The molecule has 1 rings (SSSR count). The summed E-state index contributed by atoms with van der Waals surface area (Å²) in [6, 6.07) is 4.61. The predicted octanol–water partition coefficient (Wildman–Crippen LogP) is 1.15. The Hall–Kier alpha value is -1.56. The van der Waals surface area contributed by atoms with Crippen LogP contribution >= 0.6 is 0 Å². The van der Waals surface area contributed by atoms with E-state index in [1.165, 1.54) is 6.07 Å². The summed E-state index contributed by atoms with van der Waals surface area (Å²) < 4.78 is 10.9. The van der Waals surface area contributed by atoms with Crippen LogP contribution in [0.25, 0.3) is 0 Å². The van der Waals surface area contributed by atoms with Gasteiger partial charge in [-0.05, 0) is 24.6 Å². The summed E-state index contributed by atoms with van der Waals surface area (Å²) in [7, 11) is -0.823. The van der Waals surface area contributed by atoms with Gasteiger partial charge in [0.15, 0.2) is 0 Å². The van der Waals surface area contributed by atoms with Gasteiger partial charge in [-0.2, -0.15) is 0 Å². The lowest BCUT2D eigenvalue weighted by molar-refractivity contribution is 0.0698. The highest BCUT2D eigenvalue weighted by molar-refractivity contribution is 7.84. The molecule has 0 amide bonds. The van der Waals surface area contributed by atoms with E-state index < -0.39 is 16.8 Å². The number of nitrogens with one attached hydrogen (secondary N) is 1. The van der Waals surface area contributed by atoms with Crippen LogP contribution in [-0.2, 0) is 10.8 Å². The van der Waals surface area contributed by atoms with Crippen molar-refractivity contribution in [2.75, 3.05) is 29.6 Å². The fourth-order valence-electron chi connectivity index (χ4n) is 1.39. The Morgan fingerprint density at radius 1 is 1.53 bits per heavy atom. The highest BCUT2D eigenvalue weighted by Gasteiger charge is 2.09. The molecule has 4 N–H and O–H groups in total. The fraction of sp³-hybridized carbons (Fsp3) is 0.364. The van der Waals surface area contributed by atoms with Crippen LogP contribution in [0.5, 0.6) is 0 Å². The molecule has 94 valence electrons. The van der Waals surface area contributed by atoms with E-state index in [1.807, 2.05) is 0 Å². The molecule has 0 spiro atoms. The van der Waals surface area contributed by atoms with E-state index >= 15 is 0 Å². The largest absolute Gasteiger partial charge is 0.478 e. The van der Waals surface area contributed by atoms with E-state index in [-0.39, 0.29) is 5.56 Å². The molecule has 0 saturated heterocycles. The number of nitrogen functional groups attached to an aromatic ring is 1. The molecule has 0 bridgehead atoms. The van der Waals surface area contributed by atoms with Gasteiger partial charge < -0.3 is 16.2 Å². The molecule has 1 atom stereocenters. The summed E-state index contributed by atoms with van der Waals surface area (Å²) in [5.74, 6) is -0.399. The van der Waals surface area contributed by atoms with Crippen molar-refractivity contribution in [3.8, 4) is 0 Å². The van der Waals surface area contributed by atoms with Gasteiger partial charge in [0.05, 0.1) is 11.3 Å².